The fraction of sp³-hybridized carbons (Fsp3) is 0.667. The van der Waals surface area contributed by atoms with Gasteiger partial charge in [0.05, 0.1) is 6.61 Å². The number of nitrogens with zero attached hydrogens (tertiary/aromatic N) is 3. The van der Waals surface area contributed by atoms with E-state index in [0.717, 1.165) is 37.0 Å². The van der Waals surface area contributed by atoms with E-state index < -0.39 is 0 Å². The molecule has 0 amide bonds. The molecule has 1 aromatic rings. The number of aryl methyl sites for hydroxylation is 1. The number of nitrogens with one attached hydrogen (secondary N) is 1. The summed E-state index contributed by atoms with van der Waals surface area (Å²) in [6.45, 7) is 8.51. The van der Waals surface area contributed by atoms with Gasteiger partial charge in [-0.15, -0.1) is 0 Å². The zero-order valence-electron chi connectivity index (χ0n) is 10.9. The van der Waals surface area contributed by atoms with Gasteiger partial charge >= 0.3 is 0 Å². The lowest BCUT2D eigenvalue weighted by atomic mass is 10.4. The molecule has 5 nitrogen and oxygen atoms in total. The Balaban J connectivity index is 2.86. The van der Waals surface area contributed by atoms with Crippen molar-refractivity contribution in [2.24, 2.45) is 0 Å². The van der Waals surface area contributed by atoms with Crippen LogP contribution in [0.15, 0.2) is 6.07 Å². The van der Waals surface area contributed by atoms with Gasteiger partial charge in [-0.3, -0.25) is 0 Å². The summed E-state index contributed by atoms with van der Waals surface area (Å²) in [6, 6.07) is 1.93. The van der Waals surface area contributed by atoms with E-state index >= 15 is 0 Å². The molecule has 2 N–H and O–H groups in total. The average Bonchev–Trinajstić information content (AvgIpc) is 2.32. The van der Waals surface area contributed by atoms with Gasteiger partial charge in [-0.05, 0) is 20.3 Å². The van der Waals surface area contributed by atoms with Crippen molar-refractivity contribution in [2.45, 2.75) is 27.2 Å². The van der Waals surface area contributed by atoms with Gasteiger partial charge in [-0.25, -0.2) is 9.97 Å². The molecular formula is C12H22N4O. The highest BCUT2D eigenvalue weighted by molar-refractivity contribution is 5.49. The van der Waals surface area contributed by atoms with E-state index in [1.54, 1.807) is 0 Å². The minimum atomic E-state index is 0.134. The maximum Gasteiger partial charge on any atom is 0.134 e. The zero-order valence-corrected chi connectivity index (χ0v) is 10.9. The molecule has 1 heterocycles. The molecule has 0 saturated carbocycles. The summed E-state index contributed by atoms with van der Waals surface area (Å²) in [5, 5.41) is 12.3. The average molecular weight is 238 g/mol. The Morgan fingerprint density at radius 3 is 2.71 bits per heavy atom. The number of aliphatic hydroxyl groups excluding tert-OH is 1. The Kier molecular flexibility index (Phi) is 5.69. The SMILES string of the molecule is CCCNc1cc(N(CC)CCO)nc(C)n1. The number of hydrogen-bond acceptors (Lipinski definition) is 5. The van der Waals surface area contributed by atoms with E-state index in [4.69, 9.17) is 5.11 Å². The summed E-state index contributed by atoms with van der Waals surface area (Å²) in [4.78, 5) is 10.8. The summed E-state index contributed by atoms with van der Waals surface area (Å²) in [5.74, 6) is 2.47. The molecule has 0 atom stereocenters. The first-order valence-electron chi connectivity index (χ1n) is 6.16. The Morgan fingerprint density at radius 1 is 1.35 bits per heavy atom. The van der Waals surface area contributed by atoms with Gasteiger partial charge in [0, 0.05) is 25.7 Å². The van der Waals surface area contributed by atoms with E-state index in [0.29, 0.717) is 6.54 Å². The summed E-state index contributed by atoms with van der Waals surface area (Å²) in [5.41, 5.74) is 0. The van der Waals surface area contributed by atoms with Crippen LogP contribution in [0.25, 0.3) is 0 Å². The minimum absolute atomic E-state index is 0.134. The van der Waals surface area contributed by atoms with E-state index in [-0.39, 0.29) is 6.61 Å². The maximum absolute atomic E-state index is 9.01. The molecule has 0 saturated heterocycles. The first kappa shape index (κ1) is 13.7. The minimum Gasteiger partial charge on any atom is -0.395 e. The van der Waals surface area contributed by atoms with Crippen LogP contribution in [0.2, 0.25) is 0 Å². The molecule has 0 spiro atoms. The third kappa shape index (κ3) is 4.19. The van der Waals surface area contributed by atoms with Crippen molar-refractivity contribution in [2.75, 3.05) is 36.5 Å². The lowest BCUT2D eigenvalue weighted by Gasteiger charge is -2.21. The second-order valence-corrected chi connectivity index (χ2v) is 3.89. The van der Waals surface area contributed by atoms with Crippen LogP contribution in [0.1, 0.15) is 26.1 Å². The van der Waals surface area contributed by atoms with Gasteiger partial charge in [0.2, 0.25) is 0 Å². The fourth-order valence-electron chi connectivity index (χ4n) is 1.61. The van der Waals surface area contributed by atoms with Crippen LogP contribution < -0.4 is 10.2 Å². The van der Waals surface area contributed by atoms with Crippen LogP contribution in [-0.4, -0.2) is 41.3 Å². The van der Waals surface area contributed by atoms with Crippen LogP contribution in [0, 0.1) is 6.92 Å². The molecule has 5 heteroatoms. The first-order valence-corrected chi connectivity index (χ1v) is 6.16. The standard InChI is InChI=1S/C12H22N4O/c1-4-6-13-11-9-12(15-10(3)14-11)16(5-2)7-8-17/h9,17H,4-8H2,1-3H3,(H,13,14,15). The molecule has 0 bridgehead atoms. The Hall–Kier alpha value is -1.36. The predicted octanol–water partition coefficient (Wildman–Crippen LogP) is 1.43. The quantitative estimate of drug-likeness (QED) is 0.752. The third-order valence-electron chi connectivity index (χ3n) is 2.46. The first-order chi connectivity index (χ1) is 8.21. The largest absolute Gasteiger partial charge is 0.395 e. The molecule has 1 rings (SSSR count). The maximum atomic E-state index is 9.01. The number of anilines is 2. The second kappa shape index (κ2) is 7.06. The Labute approximate surface area is 103 Å². The number of aromatic nitrogens is 2. The van der Waals surface area contributed by atoms with Crippen LogP contribution in [0.3, 0.4) is 0 Å². The van der Waals surface area contributed by atoms with Crippen molar-refractivity contribution in [3.63, 3.8) is 0 Å². The number of likely N-dealkylation sites (N-methyl/N-ethyl adjacent to an activating group) is 1. The van der Waals surface area contributed by atoms with Crippen molar-refractivity contribution >= 4 is 11.6 Å². The molecule has 1 aromatic heterocycles. The van der Waals surface area contributed by atoms with Crippen LogP contribution >= 0.6 is 0 Å². The molecule has 0 aromatic carbocycles. The second-order valence-electron chi connectivity index (χ2n) is 3.89. The van der Waals surface area contributed by atoms with E-state index in [1.165, 1.54) is 0 Å². The molecule has 0 aliphatic rings. The van der Waals surface area contributed by atoms with Gasteiger partial charge in [0.25, 0.3) is 0 Å². The van der Waals surface area contributed by atoms with Gasteiger partial charge in [-0.1, -0.05) is 6.92 Å². The lowest BCUT2D eigenvalue weighted by Crippen LogP contribution is -2.27. The third-order valence-corrected chi connectivity index (χ3v) is 2.46. The van der Waals surface area contributed by atoms with Gasteiger partial charge in [0.15, 0.2) is 0 Å². The topological polar surface area (TPSA) is 61.3 Å². The van der Waals surface area contributed by atoms with Crippen molar-refractivity contribution in [1.82, 2.24) is 9.97 Å². The molecule has 0 aliphatic heterocycles. The Morgan fingerprint density at radius 2 is 2.12 bits per heavy atom. The van der Waals surface area contributed by atoms with Crippen molar-refractivity contribution < 1.29 is 5.11 Å². The summed E-state index contributed by atoms with van der Waals surface area (Å²) >= 11 is 0. The molecule has 0 fully saturated rings. The normalized spacial score (nSPS) is 10.4. The van der Waals surface area contributed by atoms with Gasteiger partial charge < -0.3 is 15.3 Å². The van der Waals surface area contributed by atoms with Crippen LogP contribution in [-0.2, 0) is 0 Å². The lowest BCUT2D eigenvalue weighted by molar-refractivity contribution is 0.302. The van der Waals surface area contributed by atoms with Gasteiger partial charge in [0.1, 0.15) is 17.5 Å². The number of rotatable bonds is 7. The summed E-state index contributed by atoms with van der Waals surface area (Å²) in [6.07, 6.45) is 1.06. The summed E-state index contributed by atoms with van der Waals surface area (Å²) in [7, 11) is 0. The van der Waals surface area contributed by atoms with E-state index in [1.807, 2.05) is 24.8 Å². The Bertz CT molecular complexity index is 343. The summed E-state index contributed by atoms with van der Waals surface area (Å²) < 4.78 is 0. The zero-order chi connectivity index (χ0) is 12.7. The van der Waals surface area contributed by atoms with Crippen molar-refractivity contribution in [3.8, 4) is 0 Å². The highest BCUT2D eigenvalue weighted by atomic mass is 16.3. The molecule has 0 unspecified atom stereocenters. The number of aliphatic hydroxyl groups is 1. The molecule has 0 aliphatic carbocycles. The fourth-order valence-corrected chi connectivity index (χ4v) is 1.61. The van der Waals surface area contributed by atoms with Crippen LogP contribution in [0.4, 0.5) is 11.6 Å². The van der Waals surface area contributed by atoms with Crippen LogP contribution in [0.5, 0.6) is 0 Å². The van der Waals surface area contributed by atoms with Gasteiger partial charge in [-0.2, -0.15) is 0 Å². The van der Waals surface area contributed by atoms with Crippen molar-refractivity contribution in [1.29, 1.82) is 0 Å². The van der Waals surface area contributed by atoms with E-state index in [2.05, 4.69) is 22.2 Å². The predicted molar refractivity (Wildman–Crippen MR) is 70.5 cm³/mol. The highest BCUT2D eigenvalue weighted by Crippen LogP contribution is 2.15. The smallest absolute Gasteiger partial charge is 0.134 e. The highest BCUT2D eigenvalue weighted by Gasteiger charge is 2.08. The molecule has 0 radical (unpaired) electrons. The number of hydrogen-bond donors (Lipinski definition) is 2. The monoisotopic (exact) mass is 238 g/mol. The van der Waals surface area contributed by atoms with E-state index in [9.17, 15) is 0 Å². The molecular weight excluding hydrogens is 216 g/mol. The molecule has 17 heavy (non-hydrogen) atoms. The molecule has 96 valence electrons. The van der Waals surface area contributed by atoms with Crippen molar-refractivity contribution in [3.05, 3.63) is 11.9 Å².